The fraction of sp³-hybridized carbons (Fsp3) is 0.467. The zero-order valence-corrected chi connectivity index (χ0v) is 14.1. The highest BCUT2D eigenvalue weighted by Gasteiger charge is 2.29. The minimum Gasteiger partial charge on any atom is -0.369 e. The Morgan fingerprint density at radius 1 is 1.35 bits per heavy atom. The molecule has 1 N–H and O–H groups in total. The van der Waals surface area contributed by atoms with E-state index < -0.39 is 0 Å². The van der Waals surface area contributed by atoms with E-state index in [1.165, 1.54) is 24.1 Å². The summed E-state index contributed by atoms with van der Waals surface area (Å²) in [5.41, 5.74) is 3.57. The summed E-state index contributed by atoms with van der Waals surface area (Å²) >= 11 is 5.39. The van der Waals surface area contributed by atoms with Gasteiger partial charge in [-0.1, -0.05) is 6.92 Å². The molecule has 0 spiro atoms. The van der Waals surface area contributed by atoms with Gasteiger partial charge in [-0.2, -0.15) is 11.3 Å². The minimum absolute atomic E-state index is 0.604. The topological polar surface area (TPSA) is 37.8 Å². The zero-order valence-electron chi connectivity index (χ0n) is 11.7. The first-order chi connectivity index (χ1) is 9.70. The number of nitrogens with zero attached hydrogens (tertiary/aromatic N) is 2. The molecule has 0 saturated heterocycles. The summed E-state index contributed by atoms with van der Waals surface area (Å²) in [5.74, 6) is 2.39. The van der Waals surface area contributed by atoms with Crippen molar-refractivity contribution in [3.63, 3.8) is 0 Å². The number of hydrogen-bond acceptors (Lipinski definition) is 4. The number of nitrogens with one attached hydrogen (secondary N) is 1. The van der Waals surface area contributed by atoms with Crippen LogP contribution in [0.15, 0.2) is 15.2 Å². The summed E-state index contributed by atoms with van der Waals surface area (Å²) in [7, 11) is 0. The summed E-state index contributed by atoms with van der Waals surface area (Å²) in [6, 6.07) is 0. The molecule has 20 heavy (non-hydrogen) atoms. The van der Waals surface area contributed by atoms with Crippen molar-refractivity contribution in [3.8, 4) is 11.4 Å². The molecule has 0 aliphatic heterocycles. The number of hydrogen-bond donors (Lipinski definition) is 1. The number of thiophene rings is 1. The fourth-order valence-corrected chi connectivity index (χ4v) is 3.63. The Hall–Kier alpha value is -0.940. The molecule has 3 nitrogen and oxygen atoms in total. The standard InChI is InChI=1S/C15H18BrN3S/c1-3-6-17-15-12(16)13(10-4-5-10)18-14(19-15)11-8-20-7-9(11)2/h7-8,10H,3-6H2,1-2H3,(H,17,18,19). The SMILES string of the molecule is CCCNc1nc(-c2cscc2C)nc(C2CC2)c1Br. The molecule has 2 heterocycles. The molecule has 0 bridgehead atoms. The predicted molar refractivity (Wildman–Crippen MR) is 88.5 cm³/mol. The van der Waals surface area contributed by atoms with E-state index in [2.05, 4.69) is 45.9 Å². The molecule has 106 valence electrons. The van der Waals surface area contributed by atoms with E-state index in [0.717, 1.165) is 34.6 Å². The number of halogens is 1. The lowest BCUT2D eigenvalue weighted by Gasteiger charge is -2.12. The fourth-order valence-electron chi connectivity index (χ4n) is 2.16. The van der Waals surface area contributed by atoms with Crippen LogP contribution < -0.4 is 5.32 Å². The molecular formula is C15H18BrN3S. The van der Waals surface area contributed by atoms with Crippen molar-refractivity contribution in [2.24, 2.45) is 0 Å². The molecule has 0 amide bonds. The van der Waals surface area contributed by atoms with Crippen LogP contribution in [0.3, 0.4) is 0 Å². The Kier molecular flexibility index (Phi) is 4.08. The van der Waals surface area contributed by atoms with E-state index in [1.54, 1.807) is 11.3 Å². The Morgan fingerprint density at radius 2 is 2.15 bits per heavy atom. The third-order valence-electron chi connectivity index (χ3n) is 3.48. The Bertz CT molecular complexity index is 620. The van der Waals surface area contributed by atoms with Gasteiger partial charge in [0.15, 0.2) is 5.82 Å². The second-order valence-electron chi connectivity index (χ2n) is 5.26. The monoisotopic (exact) mass is 351 g/mol. The third-order valence-corrected chi connectivity index (χ3v) is 5.12. The lowest BCUT2D eigenvalue weighted by atomic mass is 10.2. The van der Waals surface area contributed by atoms with Crippen molar-refractivity contribution in [2.75, 3.05) is 11.9 Å². The second-order valence-corrected chi connectivity index (χ2v) is 6.80. The van der Waals surface area contributed by atoms with Gasteiger partial charge in [0.1, 0.15) is 5.82 Å². The van der Waals surface area contributed by atoms with Crippen LogP contribution in [0, 0.1) is 6.92 Å². The highest BCUT2D eigenvalue weighted by molar-refractivity contribution is 9.10. The van der Waals surface area contributed by atoms with Crippen molar-refractivity contribution >= 4 is 33.1 Å². The van der Waals surface area contributed by atoms with Gasteiger partial charge >= 0.3 is 0 Å². The molecule has 0 aromatic carbocycles. The number of anilines is 1. The van der Waals surface area contributed by atoms with Crippen molar-refractivity contribution < 1.29 is 0 Å². The lowest BCUT2D eigenvalue weighted by molar-refractivity contribution is 0.939. The van der Waals surface area contributed by atoms with E-state index in [9.17, 15) is 0 Å². The van der Waals surface area contributed by atoms with Crippen LogP contribution in [0.25, 0.3) is 11.4 Å². The van der Waals surface area contributed by atoms with Gasteiger partial charge in [-0.05, 0) is 53.1 Å². The first kappa shape index (κ1) is 14.0. The lowest BCUT2D eigenvalue weighted by Crippen LogP contribution is -2.07. The Labute approximate surface area is 132 Å². The summed E-state index contributed by atoms with van der Waals surface area (Å²) in [6.07, 6.45) is 3.57. The molecule has 1 aliphatic carbocycles. The van der Waals surface area contributed by atoms with Gasteiger partial charge in [-0.25, -0.2) is 9.97 Å². The molecule has 2 aromatic heterocycles. The van der Waals surface area contributed by atoms with E-state index in [4.69, 9.17) is 9.97 Å². The van der Waals surface area contributed by atoms with E-state index in [0.29, 0.717) is 5.92 Å². The maximum atomic E-state index is 4.82. The molecule has 0 atom stereocenters. The summed E-state index contributed by atoms with van der Waals surface area (Å²) in [6.45, 7) is 5.21. The maximum absolute atomic E-state index is 4.82. The largest absolute Gasteiger partial charge is 0.369 e. The van der Waals surface area contributed by atoms with Gasteiger partial charge in [-0.15, -0.1) is 0 Å². The predicted octanol–water partition coefficient (Wildman–Crippen LogP) is 4.98. The second kappa shape index (κ2) is 5.82. The molecule has 3 rings (SSSR count). The first-order valence-electron chi connectivity index (χ1n) is 7.05. The molecular weight excluding hydrogens is 334 g/mol. The van der Waals surface area contributed by atoms with E-state index in [-0.39, 0.29) is 0 Å². The van der Waals surface area contributed by atoms with Crippen molar-refractivity contribution in [1.29, 1.82) is 0 Å². The highest BCUT2D eigenvalue weighted by atomic mass is 79.9. The van der Waals surface area contributed by atoms with Crippen LogP contribution >= 0.6 is 27.3 Å². The van der Waals surface area contributed by atoms with Gasteiger partial charge in [0, 0.05) is 23.4 Å². The molecule has 2 aromatic rings. The summed E-state index contributed by atoms with van der Waals surface area (Å²) in [5, 5.41) is 7.70. The van der Waals surface area contributed by atoms with E-state index in [1.807, 2.05) is 0 Å². The van der Waals surface area contributed by atoms with Gasteiger partial charge in [0.2, 0.25) is 0 Å². The number of rotatable bonds is 5. The van der Waals surface area contributed by atoms with Crippen LogP contribution in [0.2, 0.25) is 0 Å². The maximum Gasteiger partial charge on any atom is 0.162 e. The quantitative estimate of drug-likeness (QED) is 0.825. The van der Waals surface area contributed by atoms with Crippen LogP contribution in [-0.2, 0) is 0 Å². The van der Waals surface area contributed by atoms with E-state index >= 15 is 0 Å². The van der Waals surface area contributed by atoms with Crippen LogP contribution in [0.1, 0.15) is 43.4 Å². The Balaban J connectivity index is 2.06. The van der Waals surface area contributed by atoms with Crippen molar-refractivity contribution in [1.82, 2.24) is 9.97 Å². The molecule has 1 fully saturated rings. The van der Waals surface area contributed by atoms with Crippen LogP contribution in [-0.4, -0.2) is 16.5 Å². The minimum atomic E-state index is 0.604. The molecule has 1 aliphatic rings. The van der Waals surface area contributed by atoms with Gasteiger partial charge in [-0.3, -0.25) is 0 Å². The summed E-state index contributed by atoms with van der Waals surface area (Å²) < 4.78 is 1.05. The number of aryl methyl sites for hydroxylation is 1. The smallest absolute Gasteiger partial charge is 0.162 e. The molecule has 0 radical (unpaired) electrons. The molecule has 0 unspecified atom stereocenters. The van der Waals surface area contributed by atoms with Crippen molar-refractivity contribution in [2.45, 2.75) is 39.0 Å². The van der Waals surface area contributed by atoms with Gasteiger partial charge in [0.05, 0.1) is 10.2 Å². The highest BCUT2D eigenvalue weighted by Crippen LogP contribution is 2.44. The van der Waals surface area contributed by atoms with Crippen LogP contribution in [0.5, 0.6) is 0 Å². The summed E-state index contributed by atoms with van der Waals surface area (Å²) in [4.78, 5) is 9.54. The molecule has 1 saturated carbocycles. The van der Waals surface area contributed by atoms with Gasteiger partial charge < -0.3 is 5.32 Å². The average Bonchev–Trinajstić information content (AvgIpc) is 3.20. The zero-order chi connectivity index (χ0) is 14.1. The normalized spacial score (nSPS) is 14.6. The van der Waals surface area contributed by atoms with Gasteiger partial charge in [0.25, 0.3) is 0 Å². The average molecular weight is 352 g/mol. The third kappa shape index (κ3) is 2.74. The first-order valence-corrected chi connectivity index (χ1v) is 8.78. The number of aromatic nitrogens is 2. The van der Waals surface area contributed by atoms with Crippen LogP contribution in [0.4, 0.5) is 5.82 Å². The Morgan fingerprint density at radius 3 is 2.75 bits per heavy atom. The molecule has 5 heteroatoms. The van der Waals surface area contributed by atoms with Crippen molar-refractivity contribution in [3.05, 3.63) is 26.5 Å².